The summed E-state index contributed by atoms with van der Waals surface area (Å²) >= 11 is 0. The van der Waals surface area contributed by atoms with Gasteiger partial charge < -0.3 is 10.6 Å². The summed E-state index contributed by atoms with van der Waals surface area (Å²) < 4.78 is 1.76. The first-order valence-electron chi connectivity index (χ1n) is 12.2. The largest absolute Gasteiger partial charge is 0.394 e. The number of nitrogens with zero attached hydrogens (tertiary/aromatic N) is 4. The van der Waals surface area contributed by atoms with Crippen LogP contribution in [0.4, 0.5) is 0 Å². The van der Waals surface area contributed by atoms with Gasteiger partial charge in [-0.25, -0.2) is 4.68 Å². The first-order valence-corrected chi connectivity index (χ1v) is 12.2. The second-order valence-electron chi connectivity index (χ2n) is 10.9. The third kappa shape index (κ3) is 3.53. The van der Waals surface area contributed by atoms with Crippen LogP contribution in [0, 0.1) is 34.5 Å². The Hall–Kier alpha value is -1.76. The molecule has 4 fully saturated rings. The normalized spacial score (nSPS) is 41.0. The molecular formula is C24H37N5O2. The fourth-order valence-corrected chi connectivity index (χ4v) is 7.73. The molecule has 0 bridgehead atoms. The second-order valence-corrected chi connectivity index (χ2v) is 10.9. The van der Waals surface area contributed by atoms with Crippen LogP contribution >= 0.6 is 0 Å². The van der Waals surface area contributed by atoms with E-state index in [1.807, 2.05) is 6.20 Å². The van der Waals surface area contributed by atoms with E-state index in [0.717, 1.165) is 49.6 Å². The summed E-state index contributed by atoms with van der Waals surface area (Å²) in [5.41, 5.74) is 7.96. The van der Waals surface area contributed by atoms with E-state index in [1.54, 1.807) is 4.68 Å². The number of carbonyl (C=O) groups is 1. The summed E-state index contributed by atoms with van der Waals surface area (Å²) in [5, 5.41) is 12.5. The molecule has 0 radical (unpaired) electrons. The predicted molar refractivity (Wildman–Crippen MR) is 118 cm³/mol. The van der Waals surface area contributed by atoms with Crippen molar-refractivity contribution >= 4 is 11.5 Å². The maximum absolute atomic E-state index is 12.6. The van der Waals surface area contributed by atoms with Crippen LogP contribution in [0.3, 0.4) is 0 Å². The summed E-state index contributed by atoms with van der Waals surface area (Å²) in [6, 6.07) is 0. The molecule has 2 N–H and O–H groups in total. The maximum Gasteiger partial charge on any atom is 0.139 e. The van der Waals surface area contributed by atoms with Gasteiger partial charge in [0.2, 0.25) is 0 Å². The lowest BCUT2D eigenvalue weighted by atomic mass is 9.45. The molecule has 4 saturated carbocycles. The fraction of sp³-hybridized carbons (Fsp3) is 0.833. The quantitative estimate of drug-likeness (QED) is 0.571. The van der Waals surface area contributed by atoms with Crippen molar-refractivity contribution in [2.45, 2.75) is 84.7 Å². The van der Waals surface area contributed by atoms with Crippen molar-refractivity contribution in [3.63, 3.8) is 0 Å². The molecule has 31 heavy (non-hydrogen) atoms. The van der Waals surface area contributed by atoms with E-state index in [0.29, 0.717) is 42.7 Å². The second kappa shape index (κ2) is 7.98. The minimum absolute atomic E-state index is 0.0193. The number of Topliss-reactive ketones (excluding diaryl/α,β-unsaturated/α-hetero) is 1. The zero-order valence-corrected chi connectivity index (χ0v) is 19.1. The van der Waals surface area contributed by atoms with Crippen LogP contribution in [-0.2, 0) is 22.7 Å². The highest BCUT2D eigenvalue weighted by molar-refractivity contribution is 5.87. The van der Waals surface area contributed by atoms with Gasteiger partial charge in [0.05, 0.1) is 18.0 Å². The first-order chi connectivity index (χ1) is 14.9. The molecule has 6 atom stereocenters. The van der Waals surface area contributed by atoms with E-state index < -0.39 is 0 Å². The van der Waals surface area contributed by atoms with Gasteiger partial charge in [0.25, 0.3) is 0 Å². The lowest BCUT2D eigenvalue weighted by Crippen LogP contribution is -2.53. The average molecular weight is 428 g/mol. The van der Waals surface area contributed by atoms with E-state index in [9.17, 15) is 4.79 Å². The topological polar surface area (TPSA) is 95.4 Å². The maximum atomic E-state index is 12.6. The smallest absolute Gasteiger partial charge is 0.139 e. The van der Waals surface area contributed by atoms with Crippen molar-refractivity contribution in [2.24, 2.45) is 45.4 Å². The molecule has 7 nitrogen and oxygen atoms in total. The molecule has 6 unspecified atom stereocenters. The predicted octanol–water partition coefficient (Wildman–Crippen LogP) is 3.72. The van der Waals surface area contributed by atoms with E-state index in [1.165, 1.54) is 31.4 Å². The van der Waals surface area contributed by atoms with Crippen LogP contribution in [0.1, 0.15) is 77.3 Å². The van der Waals surface area contributed by atoms with Crippen LogP contribution in [0.15, 0.2) is 11.4 Å². The van der Waals surface area contributed by atoms with Crippen molar-refractivity contribution in [2.75, 3.05) is 6.61 Å². The number of nitrogens with two attached hydrogens (primary N) is 1. The fourth-order valence-electron chi connectivity index (χ4n) is 7.73. The SMILES string of the molecule is CC12CCC3C(CCC4CC(=NOCCn5cc(CN)nn5)CCC43C)C1CCC2=O. The molecular weight excluding hydrogens is 390 g/mol. The van der Waals surface area contributed by atoms with E-state index >= 15 is 0 Å². The lowest BCUT2D eigenvalue weighted by molar-refractivity contribution is -0.137. The number of ketones is 1. The molecule has 0 amide bonds. The summed E-state index contributed by atoms with van der Waals surface area (Å²) in [7, 11) is 0. The van der Waals surface area contributed by atoms with Gasteiger partial charge in [-0.1, -0.05) is 24.2 Å². The van der Waals surface area contributed by atoms with Crippen LogP contribution in [0.25, 0.3) is 0 Å². The minimum Gasteiger partial charge on any atom is -0.394 e. The van der Waals surface area contributed by atoms with Crippen LogP contribution in [-0.4, -0.2) is 33.1 Å². The molecule has 7 heteroatoms. The molecule has 0 aliphatic heterocycles. The minimum atomic E-state index is -0.0193. The third-order valence-electron chi connectivity index (χ3n) is 9.61. The van der Waals surface area contributed by atoms with E-state index in [2.05, 4.69) is 29.3 Å². The molecule has 5 rings (SSSR count). The van der Waals surface area contributed by atoms with Crippen LogP contribution in [0.2, 0.25) is 0 Å². The highest BCUT2D eigenvalue weighted by Crippen LogP contribution is 2.65. The monoisotopic (exact) mass is 427 g/mol. The zero-order chi connectivity index (χ0) is 21.6. The molecule has 0 saturated heterocycles. The average Bonchev–Trinajstić information content (AvgIpc) is 3.35. The van der Waals surface area contributed by atoms with E-state index in [4.69, 9.17) is 10.6 Å². The van der Waals surface area contributed by atoms with Crippen molar-refractivity contribution in [1.29, 1.82) is 0 Å². The first kappa shape index (κ1) is 21.1. The Morgan fingerprint density at radius 3 is 2.87 bits per heavy atom. The number of carbonyl (C=O) groups excluding carboxylic acids is 1. The molecule has 1 heterocycles. The van der Waals surface area contributed by atoms with Gasteiger partial charge in [0.1, 0.15) is 12.4 Å². The van der Waals surface area contributed by atoms with Gasteiger partial charge in [-0.15, -0.1) is 5.10 Å². The third-order valence-corrected chi connectivity index (χ3v) is 9.61. The number of hydrogen-bond acceptors (Lipinski definition) is 6. The Morgan fingerprint density at radius 2 is 2.06 bits per heavy atom. The molecule has 1 aromatic heterocycles. The van der Waals surface area contributed by atoms with Gasteiger partial charge in [0.15, 0.2) is 0 Å². The molecule has 170 valence electrons. The van der Waals surface area contributed by atoms with Crippen molar-refractivity contribution in [3.8, 4) is 0 Å². The molecule has 1 aromatic rings. The number of fused-ring (bicyclic) bond motifs is 5. The zero-order valence-electron chi connectivity index (χ0n) is 19.1. The van der Waals surface area contributed by atoms with Crippen molar-refractivity contribution < 1.29 is 9.63 Å². The summed E-state index contributed by atoms with van der Waals surface area (Å²) in [4.78, 5) is 18.3. The van der Waals surface area contributed by atoms with Crippen molar-refractivity contribution in [1.82, 2.24) is 15.0 Å². The Bertz CT molecular complexity index is 866. The van der Waals surface area contributed by atoms with Gasteiger partial charge in [-0.2, -0.15) is 0 Å². The van der Waals surface area contributed by atoms with Gasteiger partial charge in [0, 0.05) is 24.6 Å². The van der Waals surface area contributed by atoms with Gasteiger partial charge >= 0.3 is 0 Å². The summed E-state index contributed by atoms with van der Waals surface area (Å²) in [6.45, 7) is 6.36. The standard InChI is InChI=1S/C24H37N5O2/c1-23-9-7-17(27-31-12-11-29-15-18(14-25)26-28-29)13-16(23)3-4-19-20-5-6-22(30)24(20,2)10-8-21(19)23/h15-16,19-21H,3-14,25H2,1-2H3. The molecule has 0 spiro atoms. The lowest BCUT2D eigenvalue weighted by Gasteiger charge is -2.59. The van der Waals surface area contributed by atoms with Gasteiger partial charge in [-0.05, 0) is 80.5 Å². The van der Waals surface area contributed by atoms with Crippen molar-refractivity contribution in [3.05, 3.63) is 11.9 Å². The molecule has 4 aliphatic carbocycles. The van der Waals surface area contributed by atoms with Crippen LogP contribution in [0.5, 0.6) is 0 Å². The van der Waals surface area contributed by atoms with Gasteiger partial charge in [-0.3, -0.25) is 4.79 Å². The number of oxime groups is 1. The highest BCUT2D eigenvalue weighted by Gasteiger charge is 2.60. The Balaban J connectivity index is 1.19. The Morgan fingerprint density at radius 1 is 1.19 bits per heavy atom. The number of aromatic nitrogens is 3. The Kier molecular flexibility index (Phi) is 5.43. The van der Waals surface area contributed by atoms with Crippen LogP contribution < -0.4 is 5.73 Å². The Labute approximate surface area is 185 Å². The molecule has 4 aliphatic rings. The number of hydrogen-bond donors (Lipinski definition) is 1. The highest BCUT2D eigenvalue weighted by atomic mass is 16.6. The van der Waals surface area contributed by atoms with E-state index in [-0.39, 0.29) is 5.41 Å². The summed E-state index contributed by atoms with van der Waals surface area (Å²) in [5.74, 6) is 3.41. The summed E-state index contributed by atoms with van der Waals surface area (Å²) in [6.07, 6.45) is 12.0. The number of rotatable bonds is 5. The molecule has 0 aromatic carbocycles.